The minimum absolute atomic E-state index is 0.0856. The van der Waals surface area contributed by atoms with E-state index in [1.54, 1.807) is 4.90 Å². The van der Waals surface area contributed by atoms with Crippen LogP contribution in [0.4, 0.5) is 5.13 Å². The zero-order valence-corrected chi connectivity index (χ0v) is 22.8. The standard InChI is InChI=1S/C30H32N4O4S/c1-33-11-8-20-15-22(17-31-28(20)33)24-4-2-3-5-25(24)26-18-39-30(32-26)34(23-6-7-23)29(37)21(16-27(35)36)14-19-9-12-38-13-10-19/h2-5,8,11,15,17-19,21,23H,6-7,9-10,12-14,16H2,1H3,(H,35,36)/t21-/m1/s1. The Kier molecular flexibility index (Phi) is 7.18. The van der Waals surface area contributed by atoms with E-state index in [1.807, 2.05) is 47.6 Å². The van der Waals surface area contributed by atoms with Gasteiger partial charge < -0.3 is 14.4 Å². The zero-order valence-electron chi connectivity index (χ0n) is 22.0. The van der Waals surface area contributed by atoms with Gasteiger partial charge in [-0.3, -0.25) is 14.5 Å². The minimum atomic E-state index is -0.936. The lowest BCUT2D eigenvalue weighted by Gasteiger charge is -2.29. The Labute approximate surface area is 231 Å². The number of rotatable bonds is 9. The lowest BCUT2D eigenvalue weighted by atomic mass is 9.86. The molecule has 4 heterocycles. The van der Waals surface area contributed by atoms with Crippen LogP contribution in [0.15, 0.2) is 54.2 Å². The van der Waals surface area contributed by atoms with Crippen molar-refractivity contribution < 1.29 is 19.4 Å². The highest BCUT2D eigenvalue weighted by Gasteiger charge is 2.40. The number of anilines is 1. The molecule has 2 aliphatic rings. The summed E-state index contributed by atoms with van der Waals surface area (Å²) in [6.07, 6.45) is 7.88. The highest BCUT2D eigenvalue weighted by molar-refractivity contribution is 7.14. The fourth-order valence-electron chi connectivity index (χ4n) is 5.59. The number of carbonyl (C=O) groups is 2. The van der Waals surface area contributed by atoms with Gasteiger partial charge in [0.05, 0.1) is 12.1 Å². The predicted molar refractivity (Wildman–Crippen MR) is 152 cm³/mol. The van der Waals surface area contributed by atoms with Crippen LogP contribution in [-0.4, -0.2) is 50.8 Å². The number of benzene rings is 1. The van der Waals surface area contributed by atoms with Gasteiger partial charge in [0.15, 0.2) is 5.13 Å². The topological polar surface area (TPSA) is 97.6 Å². The van der Waals surface area contributed by atoms with Crippen LogP contribution < -0.4 is 4.90 Å². The van der Waals surface area contributed by atoms with Crippen molar-refractivity contribution in [3.8, 4) is 22.4 Å². The van der Waals surface area contributed by atoms with Crippen LogP contribution >= 0.6 is 11.3 Å². The number of nitrogens with zero attached hydrogens (tertiary/aromatic N) is 4. The molecule has 1 saturated carbocycles. The van der Waals surface area contributed by atoms with Crippen molar-refractivity contribution in [3.63, 3.8) is 0 Å². The predicted octanol–water partition coefficient (Wildman–Crippen LogP) is 5.77. The van der Waals surface area contributed by atoms with Crippen LogP contribution in [0.25, 0.3) is 33.4 Å². The van der Waals surface area contributed by atoms with E-state index in [-0.39, 0.29) is 18.4 Å². The first-order chi connectivity index (χ1) is 19.0. The third-order valence-corrected chi connectivity index (χ3v) is 8.64. The molecular formula is C30H32N4O4S. The number of aliphatic carboxylic acids is 1. The van der Waals surface area contributed by atoms with Crippen LogP contribution in [0, 0.1) is 11.8 Å². The van der Waals surface area contributed by atoms with E-state index in [1.165, 1.54) is 11.3 Å². The molecule has 39 heavy (non-hydrogen) atoms. The first kappa shape index (κ1) is 25.7. The van der Waals surface area contributed by atoms with E-state index in [0.717, 1.165) is 59.1 Å². The van der Waals surface area contributed by atoms with Crippen molar-refractivity contribution in [2.45, 2.75) is 44.6 Å². The van der Waals surface area contributed by atoms with Crippen molar-refractivity contribution in [3.05, 3.63) is 54.2 Å². The monoisotopic (exact) mass is 544 g/mol. The first-order valence-electron chi connectivity index (χ1n) is 13.6. The maximum Gasteiger partial charge on any atom is 0.304 e. The number of aryl methyl sites for hydroxylation is 1. The van der Waals surface area contributed by atoms with Gasteiger partial charge >= 0.3 is 5.97 Å². The number of hydrogen-bond acceptors (Lipinski definition) is 6. The van der Waals surface area contributed by atoms with E-state index in [4.69, 9.17) is 9.72 Å². The molecule has 0 unspecified atom stereocenters. The van der Waals surface area contributed by atoms with Crippen molar-refractivity contribution in [2.75, 3.05) is 18.1 Å². The molecule has 1 aliphatic heterocycles. The summed E-state index contributed by atoms with van der Waals surface area (Å²) in [5, 5.41) is 13.3. The van der Waals surface area contributed by atoms with Gasteiger partial charge in [-0.15, -0.1) is 11.3 Å². The second-order valence-electron chi connectivity index (χ2n) is 10.7. The summed E-state index contributed by atoms with van der Waals surface area (Å²) in [4.78, 5) is 37.0. The number of carboxylic acid groups (broad SMARTS) is 1. The Morgan fingerprint density at radius 2 is 1.92 bits per heavy atom. The van der Waals surface area contributed by atoms with Crippen molar-refractivity contribution in [1.82, 2.24) is 14.5 Å². The minimum Gasteiger partial charge on any atom is -0.481 e. The number of pyridine rings is 1. The summed E-state index contributed by atoms with van der Waals surface area (Å²) in [6.45, 7) is 1.35. The molecule has 2 fully saturated rings. The summed E-state index contributed by atoms with van der Waals surface area (Å²) in [5.41, 5.74) is 4.75. The number of fused-ring (bicyclic) bond motifs is 1. The largest absolute Gasteiger partial charge is 0.481 e. The quantitative estimate of drug-likeness (QED) is 0.287. The van der Waals surface area contributed by atoms with Gasteiger partial charge in [0, 0.05) is 66.5 Å². The van der Waals surface area contributed by atoms with Crippen molar-refractivity contribution in [1.29, 1.82) is 0 Å². The molecule has 9 heteroatoms. The Balaban J connectivity index is 1.30. The average molecular weight is 545 g/mol. The number of carboxylic acids is 1. The maximum absolute atomic E-state index is 13.9. The van der Waals surface area contributed by atoms with Gasteiger partial charge in [0.25, 0.3) is 0 Å². The Morgan fingerprint density at radius 1 is 1.15 bits per heavy atom. The Morgan fingerprint density at radius 3 is 2.67 bits per heavy atom. The number of thiazole rings is 1. The number of aromatic nitrogens is 3. The van der Waals surface area contributed by atoms with E-state index in [0.29, 0.717) is 30.7 Å². The fraction of sp³-hybridized carbons (Fsp3) is 0.400. The first-order valence-corrected chi connectivity index (χ1v) is 14.4. The molecule has 1 atom stereocenters. The molecular weight excluding hydrogens is 512 g/mol. The Bertz CT molecular complexity index is 1500. The van der Waals surface area contributed by atoms with Crippen molar-refractivity contribution >= 4 is 39.4 Å². The smallest absolute Gasteiger partial charge is 0.304 e. The van der Waals surface area contributed by atoms with Gasteiger partial charge in [-0.1, -0.05) is 24.3 Å². The van der Waals surface area contributed by atoms with Crippen LogP contribution in [0.5, 0.6) is 0 Å². The molecule has 8 nitrogen and oxygen atoms in total. The third kappa shape index (κ3) is 5.46. The highest BCUT2D eigenvalue weighted by Crippen LogP contribution is 2.40. The summed E-state index contributed by atoms with van der Waals surface area (Å²) in [5.74, 6) is -1.30. The molecule has 0 bridgehead atoms. The number of ether oxygens (including phenoxy) is 1. The van der Waals surface area contributed by atoms with Gasteiger partial charge in [0.1, 0.15) is 5.65 Å². The highest BCUT2D eigenvalue weighted by atomic mass is 32.1. The van der Waals surface area contributed by atoms with Crippen molar-refractivity contribution in [2.24, 2.45) is 18.9 Å². The molecule has 1 aromatic carbocycles. The molecule has 4 aromatic rings. The van der Waals surface area contributed by atoms with Gasteiger partial charge in [-0.25, -0.2) is 9.97 Å². The van der Waals surface area contributed by atoms with E-state index >= 15 is 0 Å². The molecule has 0 radical (unpaired) electrons. The molecule has 202 valence electrons. The van der Waals surface area contributed by atoms with Crippen LogP contribution in [0.3, 0.4) is 0 Å². The van der Waals surface area contributed by atoms with Crippen LogP contribution in [0.2, 0.25) is 0 Å². The molecule has 1 N–H and O–H groups in total. The van der Waals surface area contributed by atoms with E-state index in [2.05, 4.69) is 23.2 Å². The number of carbonyl (C=O) groups excluding carboxylic acids is 1. The van der Waals surface area contributed by atoms with Crippen LogP contribution in [-0.2, 0) is 21.4 Å². The molecule has 3 aromatic heterocycles. The number of hydrogen-bond donors (Lipinski definition) is 1. The van der Waals surface area contributed by atoms with Gasteiger partial charge in [-0.2, -0.15) is 0 Å². The zero-order chi connectivity index (χ0) is 26.9. The van der Waals surface area contributed by atoms with Gasteiger partial charge in [0.2, 0.25) is 5.91 Å². The number of amides is 1. The van der Waals surface area contributed by atoms with Crippen LogP contribution in [0.1, 0.15) is 38.5 Å². The normalized spacial score (nSPS) is 16.8. The third-order valence-electron chi connectivity index (χ3n) is 7.80. The second-order valence-corrected chi connectivity index (χ2v) is 11.5. The fourth-order valence-corrected chi connectivity index (χ4v) is 6.49. The summed E-state index contributed by atoms with van der Waals surface area (Å²) >= 11 is 1.45. The summed E-state index contributed by atoms with van der Waals surface area (Å²) < 4.78 is 7.47. The molecule has 1 amide bonds. The lowest BCUT2D eigenvalue weighted by Crippen LogP contribution is -2.40. The molecule has 0 spiro atoms. The Hall–Kier alpha value is -3.56. The van der Waals surface area contributed by atoms with E-state index in [9.17, 15) is 14.7 Å². The summed E-state index contributed by atoms with van der Waals surface area (Å²) in [6, 6.07) is 12.4. The summed E-state index contributed by atoms with van der Waals surface area (Å²) in [7, 11) is 1.98. The van der Waals surface area contributed by atoms with E-state index < -0.39 is 11.9 Å². The SMILES string of the molecule is Cn1ccc2cc(-c3ccccc3-c3csc(N(C(=O)[C@@H](CC(=O)O)CC4CCOCC4)C4CC4)n3)cnc21. The lowest BCUT2D eigenvalue weighted by molar-refractivity contribution is -0.141. The molecule has 1 aliphatic carbocycles. The average Bonchev–Trinajstić information content (AvgIpc) is 3.54. The molecule has 1 saturated heterocycles. The van der Waals surface area contributed by atoms with Gasteiger partial charge in [-0.05, 0) is 55.7 Å². The molecule has 6 rings (SSSR count). The second kappa shape index (κ2) is 10.9. The maximum atomic E-state index is 13.9.